The van der Waals surface area contributed by atoms with Crippen molar-refractivity contribution in [2.24, 2.45) is 0 Å². The first-order valence-corrected chi connectivity index (χ1v) is 13.6. The highest BCUT2D eigenvalue weighted by molar-refractivity contribution is 6.07. The van der Waals surface area contributed by atoms with Gasteiger partial charge in [0, 0.05) is 35.3 Å². The summed E-state index contributed by atoms with van der Waals surface area (Å²) in [6, 6.07) is 2.80. The number of carbonyl (C=O) groups excluding carboxylic acids is 4. The molecule has 5 N–H and O–H groups in total. The lowest BCUT2D eigenvalue weighted by atomic mass is 9.85. The molecule has 3 aliphatic heterocycles. The van der Waals surface area contributed by atoms with Crippen molar-refractivity contribution in [2.45, 2.75) is 63.1 Å². The van der Waals surface area contributed by atoms with Gasteiger partial charge < -0.3 is 20.9 Å². The Kier molecular flexibility index (Phi) is 5.61. The van der Waals surface area contributed by atoms with Crippen LogP contribution in [0.4, 0.5) is 10.6 Å². The molecule has 7 heterocycles. The number of nitrogens with two attached hydrogens (primary N) is 1. The predicted molar refractivity (Wildman–Crippen MR) is 146 cm³/mol. The van der Waals surface area contributed by atoms with Gasteiger partial charge in [-0.25, -0.2) is 9.78 Å². The van der Waals surface area contributed by atoms with E-state index in [9.17, 15) is 19.2 Å². The molecule has 42 heavy (non-hydrogen) atoms. The van der Waals surface area contributed by atoms with Crippen LogP contribution in [0.25, 0.3) is 16.8 Å². The van der Waals surface area contributed by atoms with Gasteiger partial charge >= 0.3 is 6.03 Å². The van der Waals surface area contributed by atoms with Gasteiger partial charge in [0.05, 0.1) is 23.1 Å². The minimum atomic E-state index is -1.29. The number of anilines is 1. The normalized spacial score (nSPS) is 25.1. The van der Waals surface area contributed by atoms with E-state index in [2.05, 4.69) is 35.9 Å². The summed E-state index contributed by atoms with van der Waals surface area (Å²) in [5.41, 5.74) is 8.35. The van der Waals surface area contributed by atoms with Crippen molar-refractivity contribution in [3.05, 3.63) is 53.6 Å². The van der Waals surface area contributed by atoms with Crippen LogP contribution in [0.5, 0.6) is 0 Å². The molecule has 3 fully saturated rings. The van der Waals surface area contributed by atoms with E-state index in [1.54, 1.807) is 31.5 Å². The van der Waals surface area contributed by atoms with E-state index < -0.39 is 17.5 Å². The van der Waals surface area contributed by atoms with Gasteiger partial charge in [0.25, 0.3) is 11.8 Å². The van der Waals surface area contributed by atoms with Crippen molar-refractivity contribution in [1.82, 2.24) is 50.3 Å². The second kappa shape index (κ2) is 9.15. The Morgan fingerprint density at radius 3 is 2.48 bits per heavy atom. The molecule has 4 atom stereocenters. The summed E-state index contributed by atoms with van der Waals surface area (Å²) in [5, 5.41) is 16.9. The van der Waals surface area contributed by atoms with Crippen LogP contribution in [0.15, 0.2) is 30.9 Å². The molecule has 15 nitrogen and oxygen atoms in total. The van der Waals surface area contributed by atoms with Crippen molar-refractivity contribution >= 4 is 35.1 Å². The zero-order valence-electron chi connectivity index (χ0n) is 22.8. The van der Waals surface area contributed by atoms with Gasteiger partial charge in [-0.15, -0.1) is 10.2 Å². The number of Topliss-reactive ketones (excluding diaryl/α,β-unsaturated/α-hetero) is 1. The smallest absolute Gasteiger partial charge is 0.322 e. The lowest BCUT2D eigenvalue weighted by Crippen LogP contribution is -2.46. The quantitative estimate of drug-likeness (QED) is 0.200. The summed E-state index contributed by atoms with van der Waals surface area (Å²) in [6.07, 6.45) is 7.54. The molecule has 214 valence electrons. The fourth-order valence-corrected chi connectivity index (χ4v) is 6.63. The Balaban J connectivity index is 1.25. The maximum atomic E-state index is 13.1. The summed E-state index contributed by atoms with van der Waals surface area (Å²) in [6.45, 7) is 3.05. The molecule has 15 heteroatoms. The highest BCUT2D eigenvalue weighted by Crippen LogP contribution is 2.45. The highest BCUT2D eigenvalue weighted by Gasteiger charge is 2.46. The van der Waals surface area contributed by atoms with Crippen LogP contribution in [0.1, 0.15) is 77.8 Å². The van der Waals surface area contributed by atoms with E-state index in [1.807, 2.05) is 4.90 Å². The number of pyridine rings is 1. The van der Waals surface area contributed by atoms with E-state index in [0.29, 0.717) is 46.6 Å². The number of nitrogen functional groups attached to an aromatic ring is 1. The minimum absolute atomic E-state index is 0.0267. The van der Waals surface area contributed by atoms with Crippen LogP contribution < -0.4 is 16.4 Å². The maximum Gasteiger partial charge on any atom is 0.322 e. The molecular weight excluding hydrogens is 542 g/mol. The van der Waals surface area contributed by atoms with Crippen molar-refractivity contribution in [3.8, 4) is 11.1 Å². The first kappa shape index (κ1) is 25.7. The Labute approximate surface area is 238 Å². The number of H-pyrrole nitrogens is 1. The number of urea groups is 1. The Morgan fingerprint density at radius 2 is 1.88 bits per heavy atom. The van der Waals surface area contributed by atoms with Gasteiger partial charge in [-0.2, -0.15) is 9.61 Å². The van der Waals surface area contributed by atoms with Crippen molar-refractivity contribution < 1.29 is 19.2 Å². The number of hydrogen-bond donors (Lipinski definition) is 4. The number of piperidine rings is 1. The number of nitrogens with one attached hydrogen (secondary N) is 3. The lowest BCUT2D eigenvalue weighted by Gasteiger charge is -2.38. The number of fused-ring (bicyclic) bond motifs is 3. The van der Waals surface area contributed by atoms with Crippen LogP contribution in [0, 0.1) is 0 Å². The molecule has 0 radical (unpaired) electrons. The topological polar surface area (TPSA) is 206 Å². The van der Waals surface area contributed by atoms with Crippen LogP contribution in [-0.4, -0.2) is 75.4 Å². The Bertz CT molecular complexity index is 1770. The number of carbonyl (C=O) groups is 4. The number of aromatic nitrogens is 7. The third-order valence-corrected chi connectivity index (χ3v) is 8.67. The summed E-state index contributed by atoms with van der Waals surface area (Å²) in [7, 11) is 0. The maximum absolute atomic E-state index is 13.1. The number of imide groups is 1. The number of ketones is 1. The van der Waals surface area contributed by atoms with Gasteiger partial charge in [0.1, 0.15) is 12.1 Å². The molecule has 4 aromatic heterocycles. The van der Waals surface area contributed by atoms with Crippen LogP contribution in [0.3, 0.4) is 0 Å². The molecule has 2 bridgehead atoms. The van der Waals surface area contributed by atoms with Crippen molar-refractivity contribution in [1.29, 1.82) is 0 Å². The van der Waals surface area contributed by atoms with Crippen LogP contribution in [-0.2, 0) is 10.3 Å². The fraction of sp³-hybridized carbons (Fsp3) is 0.370. The second-order valence-electron chi connectivity index (χ2n) is 11.2. The molecule has 2 unspecified atom stereocenters. The van der Waals surface area contributed by atoms with Crippen LogP contribution in [0.2, 0.25) is 0 Å². The van der Waals surface area contributed by atoms with E-state index in [0.717, 1.165) is 12.8 Å². The largest absolute Gasteiger partial charge is 0.383 e. The first-order chi connectivity index (χ1) is 20.2. The Morgan fingerprint density at radius 1 is 1.12 bits per heavy atom. The number of hydrogen-bond acceptors (Lipinski definition) is 10. The average Bonchev–Trinajstić information content (AvgIpc) is 3.74. The summed E-state index contributed by atoms with van der Waals surface area (Å²) in [5.74, 6) is -0.554. The summed E-state index contributed by atoms with van der Waals surface area (Å²) < 4.78 is 1.45. The molecule has 4 amide bonds. The average molecular weight is 570 g/mol. The molecule has 3 aliphatic rings. The first-order valence-electron chi connectivity index (χ1n) is 13.6. The summed E-state index contributed by atoms with van der Waals surface area (Å²) >= 11 is 0. The molecule has 0 saturated carbocycles. The molecule has 7 rings (SSSR count). The second-order valence-corrected chi connectivity index (χ2v) is 11.2. The number of aromatic amines is 1. The third-order valence-electron chi connectivity index (χ3n) is 8.67. The van der Waals surface area contributed by atoms with Gasteiger partial charge in [0.2, 0.25) is 5.82 Å². The monoisotopic (exact) mass is 569 g/mol. The molecule has 3 saturated heterocycles. The molecule has 0 aliphatic carbocycles. The number of nitrogens with zero attached hydrogens (tertiary/aromatic N) is 7. The lowest BCUT2D eigenvalue weighted by molar-refractivity contribution is -0.123. The van der Waals surface area contributed by atoms with E-state index in [1.165, 1.54) is 17.8 Å². The van der Waals surface area contributed by atoms with E-state index in [4.69, 9.17) is 10.7 Å². The zero-order valence-corrected chi connectivity index (χ0v) is 22.8. The molecule has 0 aromatic carbocycles. The third kappa shape index (κ3) is 3.76. The highest BCUT2D eigenvalue weighted by atomic mass is 16.2. The Hall–Kier alpha value is -5.21. The number of amides is 4. The van der Waals surface area contributed by atoms with Gasteiger partial charge in [-0.3, -0.25) is 24.7 Å². The zero-order chi connectivity index (χ0) is 29.3. The SMILES string of the molecule is CC(=O)c1c(C2C[C@H]3CC[C@@H](C2)N3C(=O)c2nnc[nH]2)nc2c(-c3ccc(C4(C)NC(=O)NC4=O)nc3)cnn2c1N. The number of rotatable bonds is 5. The predicted octanol–water partition coefficient (Wildman–Crippen LogP) is 1.30. The van der Waals surface area contributed by atoms with Gasteiger partial charge in [-0.1, -0.05) is 6.07 Å². The van der Waals surface area contributed by atoms with Crippen LogP contribution >= 0.6 is 0 Å². The van der Waals surface area contributed by atoms with Gasteiger partial charge in [0.15, 0.2) is 17.0 Å². The fourth-order valence-electron chi connectivity index (χ4n) is 6.63. The standard InChI is InChI=1S/C27H27N11O4/c1-12(39)19-20(14-7-15-4-5-16(8-14)37(15)24(40)22-30-11-31-36-22)33-23-17(10-32-38(23)21(19)28)13-3-6-18(29-9-13)27(2)25(41)34-26(42)35-27/h3,6,9-11,14-16H,4-5,7-8,28H2,1-2H3,(H,30,31,36)(H2,34,35,41,42)/t14?,15-,16+,27?. The van der Waals surface area contributed by atoms with Crippen molar-refractivity contribution in [2.75, 3.05) is 5.73 Å². The van der Waals surface area contributed by atoms with Gasteiger partial charge in [-0.05, 0) is 45.6 Å². The molecule has 4 aromatic rings. The molecule has 0 spiro atoms. The van der Waals surface area contributed by atoms with Crippen molar-refractivity contribution in [3.63, 3.8) is 0 Å². The van der Waals surface area contributed by atoms with E-state index in [-0.39, 0.29) is 41.3 Å². The molecular formula is C27H27N11O4. The summed E-state index contributed by atoms with van der Waals surface area (Å²) in [4.78, 5) is 64.2. The van der Waals surface area contributed by atoms with E-state index >= 15 is 0 Å². The minimum Gasteiger partial charge on any atom is -0.383 e.